The van der Waals surface area contributed by atoms with Gasteiger partial charge >= 0.3 is 0 Å². The Bertz CT molecular complexity index is 303. The molecule has 128 valence electrons. The van der Waals surface area contributed by atoms with Gasteiger partial charge in [-0.3, -0.25) is 0 Å². The van der Waals surface area contributed by atoms with Gasteiger partial charge in [0.1, 0.15) is 12.6 Å². The van der Waals surface area contributed by atoms with E-state index in [1.165, 1.54) is 90.3 Å². The van der Waals surface area contributed by atoms with Crippen LogP contribution in [0.3, 0.4) is 0 Å². The van der Waals surface area contributed by atoms with Gasteiger partial charge in [0, 0.05) is 25.7 Å². The van der Waals surface area contributed by atoms with E-state index in [9.17, 15) is 0 Å². The largest absolute Gasteiger partial charge is 0.347 e. The molecule has 0 amide bonds. The molecule has 22 heavy (non-hydrogen) atoms. The molecular formula is C19H36NO2+. The maximum atomic E-state index is 6.51. The van der Waals surface area contributed by atoms with E-state index in [1.54, 1.807) is 4.90 Å². The van der Waals surface area contributed by atoms with E-state index in [4.69, 9.17) is 9.47 Å². The van der Waals surface area contributed by atoms with E-state index in [-0.39, 0.29) is 5.79 Å². The summed E-state index contributed by atoms with van der Waals surface area (Å²) in [5.74, 6) is -0.219. The maximum absolute atomic E-state index is 6.51. The molecule has 1 spiro atoms. The molecule has 1 atom stereocenters. The molecule has 3 rings (SSSR count). The molecule has 0 unspecified atom stereocenters. The fourth-order valence-electron chi connectivity index (χ4n) is 4.53. The average molecular weight is 311 g/mol. The average Bonchev–Trinajstić information content (AvgIpc) is 3.14. The summed E-state index contributed by atoms with van der Waals surface area (Å²) in [7, 11) is 0. The van der Waals surface area contributed by atoms with Crippen LogP contribution in [0.2, 0.25) is 0 Å². The van der Waals surface area contributed by atoms with Crippen molar-refractivity contribution in [2.75, 3.05) is 26.2 Å². The first-order chi connectivity index (χ1) is 10.9. The molecule has 3 fully saturated rings. The Kier molecular flexibility index (Phi) is 6.58. The van der Waals surface area contributed by atoms with Gasteiger partial charge < -0.3 is 14.4 Å². The summed E-state index contributed by atoms with van der Waals surface area (Å²) < 4.78 is 12.8. The molecule has 0 radical (unpaired) electrons. The molecule has 3 nitrogen and oxygen atoms in total. The Labute approximate surface area is 136 Å². The highest BCUT2D eigenvalue weighted by molar-refractivity contribution is 4.79. The number of hydrogen-bond acceptors (Lipinski definition) is 2. The Hall–Kier alpha value is -0.120. The summed E-state index contributed by atoms with van der Waals surface area (Å²) in [4.78, 5) is 1.74. The maximum Gasteiger partial charge on any atom is 0.169 e. The first kappa shape index (κ1) is 16.7. The standard InChI is InChI=1S/C19H35NO2/c1-2-4-6-8-12-19(13-9-7-5-3-1)21-17-18(22-19)16-20-14-10-11-15-20/h18H,1-17H2/p+1/t18-/m1/s1. The lowest BCUT2D eigenvalue weighted by molar-refractivity contribution is -0.890. The smallest absolute Gasteiger partial charge is 0.169 e. The number of rotatable bonds is 2. The van der Waals surface area contributed by atoms with Crippen molar-refractivity contribution in [2.45, 2.75) is 95.4 Å². The molecule has 2 aliphatic heterocycles. The lowest BCUT2D eigenvalue weighted by Crippen LogP contribution is -3.11. The zero-order valence-corrected chi connectivity index (χ0v) is 14.4. The fourth-order valence-corrected chi connectivity index (χ4v) is 4.53. The third-order valence-electron chi connectivity index (χ3n) is 5.86. The van der Waals surface area contributed by atoms with E-state index >= 15 is 0 Å². The highest BCUT2D eigenvalue weighted by atomic mass is 16.7. The van der Waals surface area contributed by atoms with Gasteiger partial charge in [0.25, 0.3) is 0 Å². The predicted octanol–water partition coefficient (Wildman–Crippen LogP) is 3.08. The summed E-state index contributed by atoms with van der Waals surface area (Å²) in [5, 5.41) is 0. The topological polar surface area (TPSA) is 22.9 Å². The molecule has 3 aliphatic rings. The van der Waals surface area contributed by atoms with Crippen LogP contribution < -0.4 is 4.90 Å². The van der Waals surface area contributed by atoms with Crippen LogP contribution >= 0.6 is 0 Å². The molecule has 0 aromatic carbocycles. The van der Waals surface area contributed by atoms with E-state index in [0.29, 0.717) is 6.10 Å². The molecule has 0 aromatic heterocycles. The quantitative estimate of drug-likeness (QED) is 0.847. The molecule has 1 saturated carbocycles. The van der Waals surface area contributed by atoms with Gasteiger partial charge in [0.15, 0.2) is 5.79 Å². The minimum Gasteiger partial charge on any atom is -0.347 e. The van der Waals surface area contributed by atoms with Gasteiger partial charge in [-0.2, -0.15) is 0 Å². The Morgan fingerprint density at radius 1 is 0.727 bits per heavy atom. The van der Waals surface area contributed by atoms with E-state index in [1.807, 2.05) is 0 Å². The summed E-state index contributed by atoms with van der Waals surface area (Å²) in [6, 6.07) is 0. The highest BCUT2D eigenvalue weighted by Gasteiger charge is 2.42. The summed E-state index contributed by atoms with van der Waals surface area (Å²) in [6.07, 6.45) is 17.8. The van der Waals surface area contributed by atoms with Crippen LogP contribution in [0.25, 0.3) is 0 Å². The second kappa shape index (κ2) is 8.65. The van der Waals surface area contributed by atoms with Crippen molar-refractivity contribution < 1.29 is 14.4 Å². The van der Waals surface area contributed by atoms with Gasteiger partial charge in [-0.15, -0.1) is 0 Å². The van der Waals surface area contributed by atoms with Crippen molar-refractivity contribution in [2.24, 2.45) is 0 Å². The van der Waals surface area contributed by atoms with Crippen molar-refractivity contribution in [1.29, 1.82) is 0 Å². The molecule has 2 saturated heterocycles. The number of ether oxygens (including phenoxy) is 2. The van der Waals surface area contributed by atoms with Gasteiger partial charge in [-0.05, 0) is 12.8 Å². The van der Waals surface area contributed by atoms with Crippen molar-refractivity contribution in [1.82, 2.24) is 0 Å². The normalized spacial score (nSPS) is 31.9. The third-order valence-corrected chi connectivity index (χ3v) is 5.86. The van der Waals surface area contributed by atoms with E-state index < -0.39 is 0 Å². The number of quaternary nitrogens is 1. The predicted molar refractivity (Wildman–Crippen MR) is 89.1 cm³/mol. The van der Waals surface area contributed by atoms with Crippen LogP contribution in [0.5, 0.6) is 0 Å². The van der Waals surface area contributed by atoms with Crippen LogP contribution in [0.15, 0.2) is 0 Å². The van der Waals surface area contributed by atoms with Crippen LogP contribution in [0.4, 0.5) is 0 Å². The second-order valence-electron chi connectivity index (χ2n) is 7.80. The second-order valence-corrected chi connectivity index (χ2v) is 7.80. The van der Waals surface area contributed by atoms with Crippen LogP contribution in [-0.4, -0.2) is 38.1 Å². The Morgan fingerprint density at radius 3 is 1.86 bits per heavy atom. The third kappa shape index (κ3) is 4.94. The van der Waals surface area contributed by atoms with E-state index in [2.05, 4.69) is 0 Å². The zero-order chi connectivity index (χ0) is 15.1. The van der Waals surface area contributed by atoms with Crippen LogP contribution in [0, 0.1) is 0 Å². The van der Waals surface area contributed by atoms with Gasteiger partial charge in [0.2, 0.25) is 0 Å². The Morgan fingerprint density at radius 2 is 1.27 bits per heavy atom. The molecule has 3 heteroatoms. The molecular weight excluding hydrogens is 274 g/mol. The number of hydrogen-bond donors (Lipinski definition) is 1. The van der Waals surface area contributed by atoms with Crippen molar-refractivity contribution in [3.63, 3.8) is 0 Å². The fraction of sp³-hybridized carbons (Fsp3) is 1.00. The molecule has 2 heterocycles. The molecule has 0 aromatic rings. The minimum atomic E-state index is -0.219. The summed E-state index contributed by atoms with van der Waals surface area (Å²) >= 11 is 0. The summed E-state index contributed by atoms with van der Waals surface area (Å²) in [6.45, 7) is 4.69. The number of nitrogens with one attached hydrogen (secondary N) is 1. The minimum absolute atomic E-state index is 0.219. The molecule has 0 bridgehead atoms. The lowest BCUT2D eigenvalue weighted by Gasteiger charge is -2.29. The van der Waals surface area contributed by atoms with Crippen molar-refractivity contribution >= 4 is 0 Å². The lowest BCUT2D eigenvalue weighted by atomic mass is 9.97. The van der Waals surface area contributed by atoms with Gasteiger partial charge in [0.05, 0.1) is 19.7 Å². The highest BCUT2D eigenvalue weighted by Crippen LogP contribution is 2.34. The number of likely N-dealkylation sites (tertiary alicyclic amines) is 1. The van der Waals surface area contributed by atoms with Gasteiger partial charge in [-0.1, -0.05) is 44.9 Å². The van der Waals surface area contributed by atoms with Crippen molar-refractivity contribution in [3.8, 4) is 0 Å². The monoisotopic (exact) mass is 310 g/mol. The zero-order valence-electron chi connectivity index (χ0n) is 14.4. The van der Waals surface area contributed by atoms with E-state index in [0.717, 1.165) is 19.4 Å². The first-order valence-corrected chi connectivity index (χ1v) is 10.0. The summed E-state index contributed by atoms with van der Waals surface area (Å²) in [5.41, 5.74) is 0. The first-order valence-electron chi connectivity index (χ1n) is 10.0. The van der Waals surface area contributed by atoms with Crippen molar-refractivity contribution in [3.05, 3.63) is 0 Å². The molecule has 1 N–H and O–H groups in total. The van der Waals surface area contributed by atoms with Crippen LogP contribution in [0.1, 0.15) is 83.5 Å². The van der Waals surface area contributed by atoms with Gasteiger partial charge in [-0.25, -0.2) is 0 Å². The SMILES string of the molecule is C1CCCCCC2(CCCCC1)OC[C@@H](C[NH+]1CCCC1)O2. The Balaban J connectivity index is 1.49. The van der Waals surface area contributed by atoms with Crippen LogP contribution in [-0.2, 0) is 9.47 Å². The molecule has 1 aliphatic carbocycles.